The highest BCUT2D eigenvalue weighted by Crippen LogP contribution is 2.19. The van der Waals surface area contributed by atoms with E-state index in [1.807, 2.05) is 13.0 Å². The van der Waals surface area contributed by atoms with Crippen LogP contribution in [0.3, 0.4) is 0 Å². The smallest absolute Gasteiger partial charge is 0.379 e. The third-order valence-electron chi connectivity index (χ3n) is 4.91. The number of furan rings is 1. The van der Waals surface area contributed by atoms with E-state index in [0.717, 1.165) is 5.56 Å². The zero-order valence-corrected chi connectivity index (χ0v) is 18.7. The van der Waals surface area contributed by atoms with E-state index in [-0.39, 0.29) is 23.0 Å². The molecule has 1 aromatic heterocycles. The highest BCUT2D eigenvalue weighted by Gasteiger charge is 2.15. The molecule has 0 unspecified atom stereocenters. The summed E-state index contributed by atoms with van der Waals surface area (Å²) in [4.78, 5) is 37.6. The second kappa shape index (κ2) is 10.8. The molecule has 0 saturated heterocycles. The minimum Gasteiger partial charge on any atom is -0.457 e. The SMILES string of the molecule is Cc1cccc(C(=O)Nc2ccccc2C(=O)N/N=C\c2ccccc2OC(=O)c2ccco2)c1. The van der Waals surface area contributed by atoms with Crippen LogP contribution in [-0.2, 0) is 0 Å². The van der Waals surface area contributed by atoms with Gasteiger partial charge in [-0.15, -0.1) is 0 Å². The number of hydrogen-bond donors (Lipinski definition) is 2. The minimum atomic E-state index is -0.654. The van der Waals surface area contributed by atoms with Crippen molar-refractivity contribution >= 4 is 29.7 Å². The number of nitrogens with zero attached hydrogens (tertiary/aromatic N) is 1. The van der Waals surface area contributed by atoms with Gasteiger partial charge in [-0.2, -0.15) is 5.10 Å². The van der Waals surface area contributed by atoms with Gasteiger partial charge in [0.25, 0.3) is 11.8 Å². The number of ether oxygens (including phenoxy) is 1. The van der Waals surface area contributed by atoms with Crippen LogP contribution in [0.25, 0.3) is 0 Å². The maximum absolute atomic E-state index is 12.8. The second-order valence-electron chi connectivity index (χ2n) is 7.47. The Morgan fingerprint density at radius 1 is 0.886 bits per heavy atom. The van der Waals surface area contributed by atoms with Crippen LogP contribution in [0.2, 0.25) is 0 Å². The number of amides is 2. The molecule has 0 bridgehead atoms. The van der Waals surface area contributed by atoms with Gasteiger partial charge in [0.05, 0.1) is 23.7 Å². The second-order valence-corrected chi connectivity index (χ2v) is 7.47. The number of nitrogens with one attached hydrogen (secondary N) is 2. The van der Waals surface area contributed by atoms with E-state index in [2.05, 4.69) is 15.8 Å². The molecule has 2 N–H and O–H groups in total. The van der Waals surface area contributed by atoms with Crippen molar-refractivity contribution in [3.05, 3.63) is 119 Å². The number of hydrogen-bond acceptors (Lipinski definition) is 6. The van der Waals surface area contributed by atoms with Gasteiger partial charge in [-0.05, 0) is 55.5 Å². The number of benzene rings is 3. The molecule has 0 atom stereocenters. The molecule has 0 spiro atoms. The molecule has 0 aliphatic rings. The fraction of sp³-hybridized carbons (Fsp3) is 0.0370. The summed E-state index contributed by atoms with van der Waals surface area (Å²) in [5.74, 6) is -1.19. The lowest BCUT2D eigenvalue weighted by atomic mass is 10.1. The Bertz CT molecular complexity index is 1390. The lowest BCUT2D eigenvalue weighted by Crippen LogP contribution is -2.21. The summed E-state index contributed by atoms with van der Waals surface area (Å²) in [6.45, 7) is 1.90. The average molecular weight is 467 g/mol. The molecule has 0 fully saturated rings. The third-order valence-corrected chi connectivity index (χ3v) is 4.91. The Hall–Kier alpha value is -4.98. The van der Waals surface area contributed by atoms with E-state index in [4.69, 9.17) is 9.15 Å². The van der Waals surface area contributed by atoms with Crippen LogP contribution >= 0.6 is 0 Å². The van der Waals surface area contributed by atoms with Crippen molar-refractivity contribution in [1.82, 2.24) is 5.43 Å². The summed E-state index contributed by atoms with van der Waals surface area (Å²) in [6.07, 6.45) is 2.73. The molecule has 3 aromatic carbocycles. The largest absolute Gasteiger partial charge is 0.457 e. The Labute approximate surface area is 201 Å². The number of rotatable bonds is 7. The van der Waals surface area contributed by atoms with Crippen molar-refractivity contribution in [2.45, 2.75) is 6.92 Å². The van der Waals surface area contributed by atoms with Crippen LogP contribution in [0.15, 0.2) is 101 Å². The summed E-state index contributed by atoms with van der Waals surface area (Å²) in [5, 5.41) is 6.76. The molecule has 8 nitrogen and oxygen atoms in total. The van der Waals surface area contributed by atoms with E-state index >= 15 is 0 Å². The number of carbonyl (C=O) groups excluding carboxylic acids is 3. The van der Waals surface area contributed by atoms with Crippen molar-refractivity contribution in [2.24, 2.45) is 5.10 Å². The van der Waals surface area contributed by atoms with Crippen molar-refractivity contribution in [1.29, 1.82) is 0 Å². The summed E-state index contributed by atoms with van der Waals surface area (Å²) in [6, 6.07) is 23.6. The number of anilines is 1. The summed E-state index contributed by atoms with van der Waals surface area (Å²) in [7, 11) is 0. The number of para-hydroxylation sites is 2. The molecule has 35 heavy (non-hydrogen) atoms. The predicted molar refractivity (Wildman–Crippen MR) is 131 cm³/mol. The van der Waals surface area contributed by atoms with Crippen molar-refractivity contribution in [3.8, 4) is 5.75 Å². The molecule has 174 valence electrons. The molecule has 4 rings (SSSR count). The van der Waals surface area contributed by atoms with Crippen LogP contribution in [0.1, 0.15) is 42.4 Å². The Morgan fingerprint density at radius 2 is 1.69 bits per heavy atom. The lowest BCUT2D eigenvalue weighted by molar-refractivity contribution is 0.0700. The molecule has 4 aromatic rings. The van der Waals surface area contributed by atoms with Gasteiger partial charge < -0.3 is 14.5 Å². The third kappa shape index (κ3) is 5.88. The fourth-order valence-corrected chi connectivity index (χ4v) is 3.22. The van der Waals surface area contributed by atoms with Gasteiger partial charge in [-0.3, -0.25) is 9.59 Å². The Kier molecular flexibility index (Phi) is 7.13. The molecular formula is C27H21N3O5. The van der Waals surface area contributed by atoms with Crippen LogP contribution in [0, 0.1) is 6.92 Å². The highest BCUT2D eigenvalue weighted by molar-refractivity contribution is 6.09. The topological polar surface area (TPSA) is 110 Å². The van der Waals surface area contributed by atoms with Crippen molar-refractivity contribution < 1.29 is 23.5 Å². The molecule has 0 aliphatic heterocycles. The quantitative estimate of drug-likeness (QED) is 0.175. The van der Waals surface area contributed by atoms with Crippen molar-refractivity contribution in [2.75, 3.05) is 5.32 Å². The zero-order chi connectivity index (χ0) is 24.6. The number of esters is 1. The number of aryl methyl sites for hydroxylation is 1. The lowest BCUT2D eigenvalue weighted by Gasteiger charge is -2.10. The predicted octanol–water partition coefficient (Wildman–Crippen LogP) is 4.82. The molecule has 0 saturated carbocycles. The Balaban J connectivity index is 1.45. The molecule has 0 radical (unpaired) electrons. The zero-order valence-electron chi connectivity index (χ0n) is 18.7. The van der Waals surface area contributed by atoms with E-state index in [0.29, 0.717) is 16.8 Å². The molecule has 0 aliphatic carbocycles. The van der Waals surface area contributed by atoms with E-state index in [1.54, 1.807) is 72.8 Å². The van der Waals surface area contributed by atoms with E-state index in [1.165, 1.54) is 18.5 Å². The first-order chi connectivity index (χ1) is 17.0. The molecule has 2 amide bonds. The van der Waals surface area contributed by atoms with Gasteiger partial charge in [-0.1, -0.05) is 42.0 Å². The fourth-order valence-electron chi connectivity index (χ4n) is 3.22. The van der Waals surface area contributed by atoms with E-state index < -0.39 is 11.9 Å². The number of carbonyl (C=O) groups is 3. The normalized spacial score (nSPS) is 10.7. The molecule has 8 heteroatoms. The summed E-state index contributed by atoms with van der Waals surface area (Å²) < 4.78 is 10.4. The van der Waals surface area contributed by atoms with Gasteiger partial charge in [0.2, 0.25) is 5.76 Å². The van der Waals surface area contributed by atoms with Gasteiger partial charge in [0.1, 0.15) is 5.75 Å². The highest BCUT2D eigenvalue weighted by atomic mass is 16.5. The van der Waals surface area contributed by atoms with Crippen molar-refractivity contribution in [3.63, 3.8) is 0 Å². The van der Waals surface area contributed by atoms with Gasteiger partial charge in [0.15, 0.2) is 0 Å². The van der Waals surface area contributed by atoms with Crippen LogP contribution in [0.4, 0.5) is 5.69 Å². The summed E-state index contributed by atoms with van der Waals surface area (Å²) in [5.41, 5.74) is 4.93. The molecular weight excluding hydrogens is 446 g/mol. The average Bonchev–Trinajstić information content (AvgIpc) is 3.41. The van der Waals surface area contributed by atoms with E-state index in [9.17, 15) is 14.4 Å². The maximum Gasteiger partial charge on any atom is 0.379 e. The van der Waals surface area contributed by atoms with Gasteiger partial charge in [-0.25, -0.2) is 10.2 Å². The number of hydrazone groups is 1. The van der Waals surface area contributed by atoms with Gasteiger partial charge >= 0.3 is 5.97 Å². The maximum atomic E-state index is 12.8. The first-order valence-electron chi connectivity index (χ1n) is 10.7. The minimum absolute atomic E-state index is 0.0642. The Morgan fingerprint density at radius 3 is 2.49 bits per heavy atom. The first-order valence-corrected chi connectivity index (χ1v) is 10.7. The molecule has 1 heterocycles. The summed E-state index contributed by atoms with van der Waals surface area (Å²) >= 11 is 0. The van der Waals surface area contributed by atoms with Crippen LogP contribution < -0.4 is 15.5 Å². The monoisotopic (exact) mass is 467 g/mol. The van der Waals surface area contributed by atoms with Crippen LogP contribution in [0.5, 0.6) is 5.75 Å². The van der Waals surface area contributed by atoms with Crippen LogP contribution in [-0.4, -0.2) is 24.0 Å². The van der Waals surface area contributed by atoms with Gasteiger partial charge in [0, 0.05) is 11.1 Å². The first kappa shape index (κ1) is 23.2. The standard InChI is InChI=1S/C27H21N3O5/c1-18-8-6-10-19(16-18)25(31)29-22-12-4-3-11-21(22)26(32)30-28-17-20-9-2-5-13-23(20)35-27(33)24-14-7-15-34-24/h2-17H,1H3,(H,29,31)(H,30,32)/b28-17-.